The lowest BCUT2D eigenvalue weighted by Gasteiger charge is -2.18. The average Bonchev–Trinajstić information content (AvgIpc) is 3.45. The first-order chi connectivity index (χ1) is 17.9. The highest BCUT2D eigenvalue weighted by atomic mass is 16.3. The Labute approximate surface area is 213 Å². The van der Waals surface area contributed by atoms with Gasteiger partial charge in [0.15, 0.2) is 0 Å². The van der Waals surface area contributed by atoms with Crippen molar-refractivity contribution >= 4 is 33.7 Å². The van der Waals surface area contributed by atoms with E-state index in [0.29, 0.717) is 12.5 Å². The molecule has 0 spiro atoms. The first kappa shape index (κ1) is 23.1. The highest BCUT2D eigenvalue weighted by Gasteiger charge is 2.23. The Morgan fingerprint density at radius 2 is 1.89 bits per heavy atom. The van der Waals surface area contributed by atoms with Gasteiger partial charge in [-0.15, -0.1) is 0 Å². The van der Waals surface area contributed by atoms with Crippen LogP contribution in [-0.2, 0) is 7.05 Å². The SMILES string of the molecule is CCNc1ncc(-c2ccc3ncc4c(c3c2)n(-c2ccc(N3CCC(O)C3)nc2C)c(=O)n4C)cn1. The number of aromatic nitrogens is 6. The molecule has 5 heterocycles. The Bertz CT molecular complexity index is 1690. The monoisotopic (exact) mass is 496 g/mol. The number of pyridine rings is 2. The van der Waals surface area contributed by atoms with Gasteiger partial charge in [0.25, 0.3) is 0 Å². The van der Waals surface area contributed by atoms with Gasteiger partial charge in [-0.05, 0) is 50.1 Å². The zero-order valence-electron chi connectivity index (χ0n) is 21.0. The van der Waals surface area contributed by atoms with Gasteiger partial charge in [0.1, 0.15) is 5.82 Å². The summed E-state index contributed by atoms with van der Waals surface area (Å²) in [5, 5.41) is 13.9. The molecule has 0 radical (unpaired) electrons. The second-order valence-electron chi connectivity index (χ2n) is 9.39. The van der Waals surface area contributed by atoms with Crippen LogP contribution in [0, 0.1) is 6.92 Å². The molecule has 1 aromatic carbocycles. The van der Waals surface area contributed by atoms with E-state index in [2.05, 4.69) is 25.2 Å². The third kappa shape index (κ3) is 3.89. The van der Waals surface area contributed by atoms with Gasteiger partial charge in [-0.3, -0.25) is 14.1 Å². The zero-order valence-corrected chi connectivity index (χ0v) is 21.0. The number of anilines is 2. The molecule has 1 aliphatic rings. The molecule has 10 nitrogen and oxygen atoms in total. The molecule has 0 aliphatic carbocycles. The van der Waals surface area contributed by atoms with Crippen molar-refractivity contribution in [1.82, 2.24) is 29.1 Å². The van der Waals surface area contributed by atoms with Crippen LogP contribution in [0.3, 0.4) is 0 Å². The first-order valence-electron chi connectivity index (χ1n) is 12.4. The molecule has 1 saturated heterocycles. The summed E-state index contributed by atoms with van der Waals surface area (Å²) in [7, 11) is 1.76. The molecule has 0 bridgehead atoms. The number of aryl methyl sites for hydroxylation is 2. The number of imidazole rings is 1. The molecule has 10 heteroatoms. The van der Waals surface area contributed by atoms with Crippen molar-refractivity contribution in [1.29, 1.82) is 0 Å². The quantitative estimate of drug-likeness (QED) is 0.382. The van der Waals surface area contributed by atoms with Crippen LogP contribution in [0.15, 0.2) is 53.7 Å². The number of rotatable bonds is 5. The number of hydrogen-bond acceptors (Lipinski definition) is 8. The zero-order chi connectivity index (χ0) is 25.7. The number of aliphatic hydroxyl groups is 1. The van der Waals surface area contributed by atoms with E-state index in [0.717, 1.165) is 69.8 Å². The van der Waals surface area contributed by atoms with E-state index in [1.54, 1.807) is 34.8 Å². The molecule has 188 valence electrons. The molecule has 1 fully saturated rings. The summed E-state index contributed by atoms with van der Waals surface area (Å²) >= 11 is 0. The lowest BCUT2D eigenvalue weighted by atomic mass is 10.1. The maximum absolute atomic E-state index is 13.5. The van der Waals surface area contributed by atoms with Gasteiger partial charge in [0.2, 0.25) is 5.95 Å². The largest absolute Gasteiger partial charge is 0.391 e. The number of aliphatic hydroxyl groups excluding tert-OH is 1. The third-order valence-electron chi connectivity index (χ3n) is 6.97. The van der Waals surface area contributed by atoms with E-state index in [1.807, 2.05) is 44.2 Å². The number of nitrogens with one attached hydrogen (secondary N) is 1. The molecule has 4 aromatic heterocycles. The van der Waals surface area contributed by atoms with Crippen molar-refractivity contribution in [2.75, 3.05) is 29.9 Å². The highest BCUT2D eigenvalue weighted by molar-refractivity contribution is 6.04. The summed E-state index contributed by atoms with van der Waals surface area (Å²) < 4.78 is 3.34. The van der Waals surface area contributed by atoms with Crippen LogP contribution in [0.1, 0.15) is 19.0 Å². The molecule has 2 N–H and O–H groups in total. The summed E-state index contributed by atoms with van der Waals surface area (Å²) in [6.07, 6.45) is 5.72. The molecular weight excluding hydrogens is 468 g/mol. The van der Waals surface area contributed by atoms with E-state index in [9.17, 15) is 9.90 Å². The second-order valence-corrected chi connectivity index (χ2v) is 9.39. The Kier molecular flexibility index (Phi) is 5.60. The lowest BCUT2D eigenvalue weighted by Crippen LogP contribution is -2.24. The molecule has 1 unspecified atom stereocenters. The van der Waals surface area contributed by atoms with Crippen LogP contribution in [0.25, 0.3) is 38.8 Å². The minimum Gasteiger partial charge on any atom is -0.391 e. The van der Waals surface area contributed by atoms with Gasteiger partial charge in [-0.1, -0.05) is 6.07 Å². The van der Waals surface area contributed by atoms with Gasteiger partial charge >= 0.3 is 5.69 Å². The van der Waals surface area contributed by atoms with Gasteiger partial charge < -0.3 is 15.3 Å². The van der Waals surface area contributed by atoms with Crippen LogP contribution < -0.4 is 15.9 Å². The van der Waals surface area contributed by atoms with Crippen molar-refractivity contribution in [2.24, 2.45) is 7.05 Å². The fourth-order valence-corrected chi connectivity index (χ4v) is 5.03. The van der Waals surface area contributed by atoms with Crippen molar-refractivity contribution in [3.05, 3.63) is 65.1 Å². The maximum atomic E-state index is 13.5. The van der Waals surface area contributed by atoms with Gasteiger partial charge in [0.05, 0.1) is 40.2 Å². The smallest absolute Gasteiger partial charge is 0.333 e. The number of nitrogens with zero attached hydrogens (tertiary/aromatic N) is 7. The van der Waals surface area contributed by atoms with Crippen LogP contribution in [0.4, 0.5) is 11.8 Å². The van der Waals surface area contributed by atoms with Crippen LogP contribution >= 0.6 is 0 Å². The van der Waals surface area contributed by atoms with Crippen LogP contribution in [-0.4, -0.2) is 59.9 Å². The van der Waals surface area contributed by atoms with E-state index in [4.69, 9.17) is 4.98 Å². The second kappa shape index (κ2) is 8.97. The van der Waals surface area contributed by atoms with Crippen LogP contribution in [0.2, 0.25) is 0 Å². The third-order valence-corrected chi connectivity index (χ3v) is 6.97. The molecule has 0 amide bonds. The first-order valence-corrected chi connectivity index (χ1v) is 12.4. The average molecular weight is 497 g/mol. The molecule has 37 heavy (non-hydrogen) atoms. The van der Waals surface area contributed by atoms with Gasteiger partial charge in [-0.25, -0.2) is 19.7 Å². The Balaban J connectivity index is 1.52. The van der Waals surface area contributed by atoms with Gasteiger partial charge in [-0.2, -0.15) is 0 Å². The van der Waals surface area contributed by atoms with Crippen molar-refractivity contribution in [3.8, 4) is 16.8 Å². The van der Waals surface area contributed by atoms with Crippen molar-refractivity contribution < 1.29 is 5.11 Å². The minimum atomic E-state index is -0.333. The molecular formula is C27H28N8O2. The summed E-state index contributed by atoms with van der Waals surface area (Å²) in [6.45, 7) is 5.99. The Hall–Kier alpha value is -4.31. The number of fused-ring (bicyclic) bond motifs is 3. The standard InChI is InChI=1S/C27H28N8O2/c1-4-28-26-30-12-18(13-31-26)17-5-6-21-20(11-17)25-23(14-29-21)33(3)27(37)35(25)22-7-8-24(32-16(22)2)34-10-9-19(36)15-34/h5-8,11-14,19,36H,4,9-10,15H2,1-3H3,(H,28,30,31). The lowest BCUT2D eigenvalue weighted by molar-refractivity contribution is 0.198. The summed E-state index contributed by atoms with van der Waals surface area (Å²) in [5.74, 6) is 1.39. The Morgan fingerprint density at radius 3 is 2.59 bits per heavy atom. The summed E-state index contributed by atoms with van der Waals surface area (Å²) in [4.78, 5) is 33.8. The Morgan fingerprint density at radius 1 is 1.08 bits per heavy atom. The maximum Gasteiger partial charge on any atom is 0.333 e. The van der Waals surface area contributed by atoms with Gasteiger partial charge in [0, 0.05) is 50.0 Å². The normalized spacial score (nSPS) is 15.7. The molecule has 1 aliphatic heterocycles. The molecule has 5 aromatic rings. The fourth-order valence-electron chi connectivity index (χ4n) is 5.03. The van der Waals surface area contributed by atoms with Crippen molar-refractivity contribution in [3.63, 3.8) is 0 Å². The van der Waals surface area contributed by atoms with E-state index in [1.165, 1.54) is 0 Å². The fraction of sp³-hybridized carbons (Fsp3) is 0.296. The highest BCUT2D eigenvalue weighted by Crippen LogP contribution is 2.30. The summed E-state index contributed by atoms with van der Waals surface area (Å²) in [6, 6.07) is 9.84. The summed E-state index contributed by atoms with van der Waals surface area (Å²) in [5.41, 5.74) is 5.40. The van der Waals surface area contributed by atoms with E-state index >= 15 is 0 Å². The molecule has 1 atom stereocenters. The number of hydrogen-bond donors (Lipinski definition) is 2. The minimum absolute atomic E-state index is 0.165. The predicted molar refractivity (Wildman–Crippen MR) is 144 cm³/mol. The topological polar surface area (TPSA) is 114 Å². The molecule has 0 saturated carbocycles. The predicted octanol–water partition coefficient (Wildman–Crippen LogP) is 3.04. The van der Waals surface area contributed by atoms with Crippen LogP contribution in [0.5, 0.6) is 0 Å². The molecule has 6 rings (SSSR count). The van der Waals surface area contributed by atoms with E-state index < -0.39 is 0 Å². The van der Waals surface area contributed by atoms with E-state index in [-0.39, 0.29) is 11.8 Å². The van der Waals surface area contributed by atoms with Crippen molar-refractivity contribution in [2.45, 2.75) is 26.4 Å². The number of benzene rings is 1. The number of β-amino-alcohol motifs (C(OH)–C–C–N with tert-alkyl or cyclic N) is 1.